The van der Waals surface area contributed by atoms with Crippen molar-refractivity contribution in [1.82, 2.24) is 14.6 Å². The highest BCUT2D eigenvalue weighted by Gasteiger charge is 2.41. The number of hydrogen-bond acceptors (Lipinski definition) is 5. The molecule has 2 aromatic heterocycles. The number of ketones is 1. The minimum atomic E-state index is -5.12. The molecule has 0 saturated heterocycles. The average molecular weight is 415 g/mol. The minimum Gasteiger partial charge on any atom is -0.493 e. The van der Waals surface area contributed by atoms with Crippen molar-refractivity contribution in [2.75, 3.05) is 0 Å². The van der Waals surface area contributed by atoms with E-state index >= 15 is 0 Å². The van der Waals surface area contributed by atoms with Crippen molar-refractivity contribution < 1.29 is 23.1 Å². The number of Topliss-reactive ketones (excluding diaryl/α,β-unsaturated/α-hetero) is 1. The van der Waals surface area contributed by atoms with Gasteiger partial charge in [-0.05, 0) is 29.8 Å². The molecule has 0 aliphatic rings. The summed E-state index contributed by atoms with van der Waals surface area (Å²) in [4.78, 5) is 17.4. The minimum absolute atomic E-state index is 0.143. The molecule has 5 nitrogen and oxygen atoms in total. The van der Waals surface area contributed by atoms with Gasteiger partial charge in [0.05, 0.1) is 6.20 Å². The van der Waals surface area contributed by atoms with Crippen molar-refractivity contribution in [1.29, 1.82) is 0 Å². The Kier molecular flexibility index (Phi) is 4.75. The molecule has 0 fully saturated rings. The highest BCUT2D eigenvalue weighted by atomic mass is 32.2. The fourth-order valence-corrected chi connectivity index (χ4v) is 3.60. The number of aromatic hydroxyl groups is 1. The first-order chi connectivity index (χ1) is 13.8. The number of alkyl halides is 3. The van der Waals surface area contributed by atoms with Gasteiger partial charge in [-0.1, -0.05) is 42.1 Å². The molecule has 2 aromatic carbocycles. The maximum Gasteiger partial charge on any atom is 0.455 e. The second-order valence-electron chi connectivity index (χ2n) is 6.06. The Labute approximate surface area is 166 Å². The lowest BCUT2D eigenvalue weighted by atomic mass is 10.1. The predicted octanol–water partition coefficient (Wildman–Crippen LogP) is 5.00. The van der Waals surface area contributed by atoms with Crippen LogP contribution in [0, 0.1) is 0 Å². The van der Waals surface area contributed by atoms with E-state index in [1.165, 1.54) is 6.20 Å². The Morgan fingerprint density at radius 2 is 1.62 bits per heavy atom. The Bertz CT molecular complexity index is 1190. The summed E-state index contributed by atoms with van der Waals surface area (Å²) in [7, 11) is 0. The molecule has 4 rings (SSSR count). The normalized spacial score (nSPS) is 11.7. The highest BCUT2D eigenvalue weighted by molar-refractivity contribution is 7.99. The molecule has 1 N–H and O–H groups in total. The summed E-state index contributed by atoms with van der Waals surface area (Å²) in [6.07, 6.45) is -3.02. The maximum atomic E-state index is 12.7. The number of carbonyl (C=O) groups is 1. The van der Waals surface area contributed by atoms with Gasteiger partial charge < -0.3 is 5.11 Å². The van der Waals surface area contributed by atoms with Crippen LogP contribution in [0.4, 0.5) is 13.2 Å². The van der Waals surface area contributed by atoms with Crippen LogP contribution in [-0.4, -0.2) is 31.7 Å². The fraction of sp³-hybridized carbons (Fsp3) is 0.0500. The molecule has 4 aromatic rings. The molecule has 0 atom stereocenters. The molecule has 2 heterocycles. The molecule has 0 aliphatic heterocycles. The molecule has 9 heteroatoms. The van der Waals surface area contributed by atoms with Crippen LogP contribution in [0.1, 0.15) is 10.4 Å². The monoisotopic (exact) mass is 415 g/mol. The standard InChI is InChI=1S/C20H12F3N3O2S/c21-20(22,23)17(27)16-10-24-18-15(11-25-26(18)19(16)28)12-6-8-14(9-7-12)29-13-4-2-1-3-5-13/h1-11,28H. The van der Waals surface area contributed by atoms with Crippen LogP contribution in [0.25, 0.3) is 16.8 Å². The summed E-state index contributed by atoms with van der Waals surface area (Å²) in [6, 6.07) is 17.3. The summed E-state index contributed by atoms with van der Waals surface area (Å²) in [5, 5.41) is 14.0. The van der Waals surface area contributed by atoms with E-state index in [1.54, 1.807) is 11.8 Å². The number of fused-ring (bicyclic) bond motifs is 1. The lowest BCUT2D eigenvalue weighted by Gasteiger charge is -2.08. The van der Waals surface area contributed by atoms with Crippen LogP contribution in [0.3, 0.4) is 0 Å². The highest BCUT2D eigenvalue weighted by Crippen LogP contribution is 2.32. The first-order valence-electron chi connectivity index (χ1n) is 8.35. The molecule has 146 valence electrons. The smallest absolute Gasteiger partial charge is 0.455 e. The van der Waals surface area contributed by atoms with Gasteiger partial charge in [-0.15, -0.1) is 0 Å². The molecule has 0 unspecified atom stereocenters. The Balaban J connectivity index is 1.66. The predicted molar refractivity (Wildman–Crippen MR) is 101 cm³/mol. The van der Waals surface area contributed by atoms with Crippen molar-refractivity contribution in [3.05, 3.63) is 72.6 Å². The van der Waals surface area contributed by atoms with E-state index in [4.69, 9.17) is 0 Å². The summed E-state index contributed by atoms with van der Waals surface area (Å²) < 4.78 is 38.8. The van der Waals surface area contributed by atoms with Gasteiger partial charge in [-0.3, -0.25) is 4.79 Å². The Morgan fingerprint density at radius 1 is 0.966 bits per heavy atom. The number of hydrogen-bond donors (Lipinski definition) is 1. The van der Waals surface area contributed by atoms with Gasteiger partial charge >= 0.3 is 6.18 Å². The summed E-state index contributed by atoms with van der Waals surface area (Å²) in [5.41, 5.74) is 0.431. The summed E-state index contributed by atoms with van der Waals surface area (Å²) in [6.45, 7) is 0. The van der Waals surface area contributed by atoms with Crippen LogP contribution in [0.5, 0.6) is 5.88 Å². The zero-order valence-electron chi connectivity index (χ0n) is 14.6. The Hall–Kier alpha value is -3.33. The van der Waals surface area contributed by atoms with E-state index in [9.17, 15) is 23.1 Å². The van der Waals surface area contributed by atoms with Crippen LogP contribution < -0.4 is 0 Å². The van der Waals surface area contributed by atoms with Gasteiger partial charge in [-0.2, -0.15) is 22.8 Å². The van der Waals surface area contributed by atoms with Crippen molar-refractivity contribution in [3.63, 3.8) is 0 Å². The van der Waals surface area contributed by atoms with Crippen molar-refractivity contribution in [3.8, 4) is 17.0 Å². The molecule has 0 amide bonds. The molecule has 0 saturated carbocycles. The third-order valence-corrected chi connectivity index (χ3v) is 5.16. The second kappa shape index (κ2) is 7.25. The third-order valence-electron chi connectivity index (χ3n) is 4.15. The lowest BCUT2D eigenvalue weighted by Crippen LogP contribution is -2.23. The zero-order chi connectivity index (χ0) is 20.6. The molecule has 0 aliphatic carbocycles. The maximum absolute atomic E-state index is 12.7. The quantitative estimate of drug-likeness (QED) is 0.475. The van der Waals surface area contributed by atoms with E-state index in [1.807, 2.05) is 54.6 Å². The number of nitrogens with zero attached hydrogens (tertiary/aromatic N) is 3. The van der Waals surface area contributed by atoms with Gasteiger partial charge in [0.2, 0.25) is 5.88 Å². The van der Waals surface area contributed by atoms with Gasteiger partial charge in [0.15, 0.2) is 5.65 Å². The van der Waals surface area contributed by atoms with Gasteiger partial charge in [0, 0.05) is 21.6 Å². The molecule has 0 spiro atoms. The summed E-state index contributed by atoms with van der Waals surface area (Å²) in [5.74, 6) is -3.08. The van der Waals surface area contributed by atoms with E-state index < -0.39 is 23.4 Å². The van der Waals surface area contributed by atoms with Crippen LogP contribution in [-0.2, 0) is 0 Å². The lowest BCUT2D eigenvalue weighted by molar-refractivity contribution is -0.0887. The average Bonchev–Trinajstić information content (AvgIpc) is 3.13. The molecule has 0 bridgehead atoms. The third kappa shape index (κ3) is 3.68. The molecular weight excluding hydrogens is 403 g/mol. The molecular formula is C20H12F3N3O2S. The topological polar surface area (TPSA) is 67.5 Å². The van der Waals surface area contributed by atoms with Crippen LogP contribution in [0.15, 0.2) is 76.8 Å². The van der Waals surface area contributed by atoms with Gasteiger partial charge in [0.25, 0.3) is 5.78 Å². The van der Waals surface area contributed by atoms with Crippen molar-refractivity contribution in [2.45, 2.75) is 16.0 Å². The van der Waals surface area contributed by atoms with E-state index in [0.717, 1.165) is 19.9 Å². The van der Waals surface area contributed by atoms with Crippen molar-refractivity contribution >= 4 is 23.2 Å². The molecule has 0 radical (unpaired) electrons. The van der Waals surface area contributed by atoms with E-state index in [2.05, 4.69) is 10.1 Å². The van der Waals surface area contributed by atoms with Crippen LogP contribution >= 0.6 is 11.8 Å². The number of halogens is 3. The van der Waals surface area contributed by atoms with E-state index in [0.29, 0.717) is 11.8 Å². The fourth-order valence-electron chi connectivity index (χ4n) is 2.76. The first-order valence-corrected chi connectivity index (χ1v) is 9.17. The number of benzene rings is 2. The van der Waals surface area contributed by atoms with Crippen LogP contribution in [0.2, 0.25) is 0 Å². The largest absolute Gasteiger partial charge is 0.493 e. The number of rotatable bonds is 4. The van der Waals surface area contributed by atoms with E-state index in [-0.39, 0.29) is 5.65 Å². The van der Waals surface area contributed by atoms with Gasteiger partial charge in [-0.25, -0.2) is 4.98 Å². The zero-order valence-corrected chi connectivity index (χ0v) is 15.4. The van der Waals surface area contributed by atoms with Crippen molar-refractivity contribution in [2.24, 2.45) is 0 Å². The first kappa shape index (κ1) is 19.0. The van der Waals surface area contributed by atoms with Gasteiger partial charge in [0.1, 0.15) is 5.56 Å². The SMILES string of the molecule is O=C(c1cnc2c(-c3ccc(Sc4ccccc4)cc3)cnn2c1O)C(F)(F)F. The second-order valence-corrected chi connectivity index (χ2v) is 7.20. The molecule has 29 heavy (non-hydrogen) atoms. The Morgan fingerprint density at radius 3 is 2.28 bits per heavy atom. The number of carbonyl (C=O) groups excluding carboxylic acids is 1. The summed E-state index contributed by atoms with van der Waals surface area (Å²) >= 11 is 1.59. The number of aromatic nitrogens is 3.